The second-order valence-electron chi connectivity index (χ2n) is 5.33. The van der Waals surface area contributed by atoms with Crippen LogP contribution in [0.25, 0.3) is 0 Å². The summed E-state index contributed by atoms with van der Waals surface area (Å²) >= 11 is 0. The Hall–Kier alpha value is -0.920. The Morgan fingerprint density at radius 2 is 1.90 bits per heavy atom. The highest BCUT2D eigenvalue weighted by Gasteiger charge is 2.24. The molecule has 122 valence electrons. The van der Waals surface area contributed by atoms with Crippen molar-refractivity contribution in [3.05, 3.63) is 11.4 Å². The Morgan fingerprint density at radius 1 is 1.29 bits per heavy atom. The summed E-state index contributed by atoms with van der Waals surface area (Å²) in [6.07, 6.45) is 2.46. The molecule has 1 aromatic heterocycles. The van der Waals surface area contributed by atoms with Crippen LogP contribution in [0.2, 0.25) is 0 Å². The molecule has 21 heavy (non-hydrogen) atoms. The van der Waals surface area contributed by atoms with E-state index < -0.39 is 10.0 Å². The van der Waals surface area contributed by atoms with Gasteiger partial charge in [0.15, 0.2) is 0 Å². The van der Waals surface area contributed by atoms with E-state index in [1.165, 1.54) is 0 Å². The highest BCUT2D eigenvalue weighted by molar-refractivity contribution is 7.89. The molecule has 0 aromatic carbocycles. The van der Waals surface area contributed by atoms with Crippen molar-refractivity contribution in [2.24, 2.45) is 5.92 Å². The van der Waals surface area contributed by atoms with E-state index in [9.17, 15) is 8.42 Å². The van der Waals surface area contributed by atoms with E-state index in [0.29, 0.717) is 36.8 Å². The van der Waals surface area contributed by atoms with Gasteiger partial charge in [-0.05, 0) is 26.2 Å². The van der Waals surface area contributed by atoms with E-state index in [0.717, 1.165) is 12.8 Å². The highest BCUT2D eigenvalue weighted by Crippen LogP contribution is 2.20. The first kappa shape index (κ1) is 18.1. The average molecular weight is 317 g/mol. The van der Waals surface area contributed by atoms with Gasteiger partial charge < -0.3 is 5.11 Å². The van der Waals surface area contributed by atoms with Crippen LogP contribution in [0.15, 0.2) is 4.90 Å². The smallest absolute Gasteiger partial charge is 0.244 e. The van der Waals surface area contributed by atoms with Crippen LogP contribution in [0.4, 0.5) is 0 Å². The maximum Gasteiger partial charge on any atom is 0.244 e. The molecular formula is C14H27N3O3S. The van der Waals surface area contributed by atoms with E-state index >= 15 is 0 Å². The van der Waals surface area contributed by atoms with E-state index in [2.05, 4.69) is 23.7 Å². The number of aryl methyl sites for hydroxylation is 2. The Kier molecular flexibility index (Phi) is 6.83. The number of hydrogen-bond acceptors (Lipinski definition) is 4. The quantitative estimate of drug-likeness (QED) is 0.724. The summed E-state index contributed by atoms with van der Waals surface area (Å²) in [5.74, 6) is 0.352. The van der Waals surface area contributed by atoms with Gasteiger partial charge in [0.25, 0.3) is 0 Å². The summed E-state index contributed by atoms with van der Waals surface area (Å²) < 4.78 is 29.3. The van der Waals surface area contributed by atoms with Crippen molar-refractivity contribution in [3.63, 3.8) is 0 Å². The van der Waals surface area contributed by atoms with Crippen molar-refractivity contribution in [1.82, 2.24) is 14.5 Å². The molecule has 0 radical (unpaired) electrons. The zero-order valence-corrected chi connectivity index (χ0v) is 14.2. The number of aliphatic hydroxyl groups is 1. The van der Waals surface area contributed by atoms with Crippen LogP contribution in [-0.4, -0.2) is 36.5 Å². The third-order valence-electron chi connectivity index (χ3n) is 3.83. The first-order chi connectivity index (χ1) is 9.87. The summed E-state index contributed by atoms with van der Waals surface area (Å²) in [5.41, 5.74) is 1.13. The van der Waals surface area contributed by atoms with Crippen LogP contribution in [0, 0.1) is 19.8 Å². The SMILES string of the molecule is CCC(CC)CNS(=O)(=O)c1c(C)nn(CCCO)c1C. The van der Waals surface area contributed by atoms with Crippen LogP contribution in [0.3, 0.4) is 0 Å². The molecule has 0 aliphatic rings. The fourth-order valence-electron chi connectivity index (χ4n) is 2.38. The molecule has 1 rings (SSSR count). The number of nitrogens with zero attached hydrogens (tertiary/aromatic N) is 2. The average Bonchev–Trinajstić information content (AvgIpc) is 2.72. The molecule has 0 saturated heterocycles. The van der Waals surface area contributed by atoms with Gasteiger partial charge in [0, 0.05) is 19.7 Å². The van der Waals surface area contributed by atoms with Gasteiger partial charge in [-0.2, -0.15) is 5.10 Å². The molecule has 0 amide bonds. The Labute approximate surface area is 127 Å². The lowest BCUT2D eigenvalue weighted by molar-refractivity contribution is 0.276. The lowest BCUT2D eigenvalue weighted by atomic mass is 10.0. The third-order valence-corrected chi connectivity index (χ3v) is 5.50. The molecule has 0 spiro atoms. The lowest BCUT2D eigenvalue weighted by Crippen LogP contribution is -2.29. The van der Waals surface area contributed by atoms with Crippen LogP contribution in [0.5, 0.6) is 0 Å². The van der Waals surface area contributed by atoms with Gasteiger partial charge in [-0.15, -0.1) is 0 Å². The number of rotatable bonds is 9. The first-order valence-corrected chi connectivity index (χ1v) is 9.00. The van der Waals surface area contributed by atoms with Crippen molar-refractivity contribution >= 4 is 10.0 Å². The zero-order chi connectivity index (χ0) is 16.0. The fraction of sp³-hybridized carbons (Fsp3) is 0.786. The molecule has 6 nitrogen and oxygen atoms in total. The van der Waals surface area contributed by atoms with E-state index in [1.807, 2.05) is 0 Å². The third kappa shape index (κ3) is 4.52. The van der Waals surface area contributed by atoms with Gasteiger partial charge >= 0.3 is 0 Å². The normalized spacial score (nSPS) is 12.3. The van der Waals surface area contributed by atoms with Crippen molar-refractivity contribution < 1.29 is 13.5 Å². The molecule has 0 fully saturated rings. The zero-order valence-electron chi connectivity index (χ0n) is 13.4. The Bertz CT molecular complexity index is 548. The Morgan fingerprint density at radius 3 is 2.43 bits per heavy atom. The topological polar surface area (TPSA) is 84.2 Å². The van der Waals surface area contributed by atoms with E-state index in [1.54, 1.807) is 18.5 Å². The number of hydrogen-bond donors (Lipinski definition) is 2. The second-order valence-corrected chi connectivity index (χ2v) is 7.04. The summed E-state index contributed by atoms with van der Waals surface area (Å²) in [5, 5.41) is 13.2. The van der Waals surface area contributed by atoms with Gasteiger partial charge in [-0.1, -0.05) is 26.7 Å². The standard InChI is InChI=1S/C14H27N3O3S/c1-5-13(6-2)10-15-21(19,20)14-11(3)16-17(12(14)4)8-7-9-18/h13,15,18H,5-10H2,1-4H3. The molecule has 2 N–H and O–H groups in total. The van der Waals surface area contributed by atoms with Crippen LogP contribution in [-0.2, 0) is 16.6 Å². The van der Waals surface area contributed by atoms with Crippen molar-refractivity contribution in [2.45, 2.75) is 58.4 Å². The van der Waals surface area contributed by atoms with Gasteiger partial charge in [0.05, 0.1) is 11.4 Å². The van der Waals surface area contributed by atoms with Gasteiger partial charge in [0.2, 0.25) is 10.0 Å². The first-order valence-electron chi connectivity index (χ1n) is 7.51. The molecule has 0 saturated carbocycles. The molecule has 0 aliphatic heterocycles. The Balaban J connectivity index is 2.95. The molecule has 0 bridgehead atoms. The minimum Gasteiger partial charge on any atom is -0.396 e. The number of nitrogens with one attached hydrogen (secondary N) is 1. The molecule has 0 atom stereocenters. The number of sulfonamides is 1. The second kappa shape index (κ2) is 7.91. The lowest BCUT2D eigenvalue weighted by Gasteiger charge is -2.14. The van der Waals surface area contributed by atoms with Crippen LogP contribution in [0.1, 0.15) is 44.5 Å². The van der Waals surface area contributed by atoms with Gasteiger partial charge in [0.1, 0.15) is 4.90 Å². The molecule has 0 unspecified atom stereocenters. The minimum atomic E-state index is -3.54. The molecular weight excluding hydrogens is 290 g/mol. The molecule has 1 heterocycles. The minimum absolute atomic E-state index is 0.0629. The van der Waals surface area contributed by atoms with Gasteiger partial charge in [-0.25, -0.2) is 13.1 Å². The van der Waals surface area contributed by atoms with Gasteiger partial charge in [-0.3, -0.25) is 4.68 Å². The summed E-state index contributed by atoms with van der Waals surface area (Å²) in [7, 11) is -3.54. The molecule has 0 aliphatic carbocycles. The van der Waals surface area contributed by atoms with Crippen molar-refractivity contribution in [2.75, 3.05) is 13.2 Å². The number of aliphatic hydroxyl groups excluding tert-OH is 1. The predicted octanol–water partition coefficient (Wildman–Crippen LogP) is 1.60. The van der Waals surface area contributed by atoms with Crippen LogP contribution >= 0.6 is 0 Å². The van der Waals surface area contributed by atoms with E-state index in [4.69, 9.17) is 5.11 Å². The maximum absolute atomic E-state index is 12.5. The fourth-order valence-corrected chi connectivity index (χ4v) is 3.91. The summed E-state index contributed by atoms with van der Waals surface area (Å²) in [4.78, 5) is 0.270. The monoisotopic (exact) mass is 317 g/mol. The van der Waals surface area contributed by atoms with Crippen LogP contribution < -0.4 is 4.72 Å². The number of aromatic nitrogens is 2. The highest BCUT2D eigenvalue weighted by atomic mass is 32.2. The van der Waals surface area contributed by atoms with Crippen molar-refractivity contribution in [1.29, 1.82) is 0 Å². The molecule has 1 aromatic rings. The molecule has 7 heteroatoms. The van der Waals surface area contributed by atoms with E-state index in [-0.39, 0.29) is 11.5 Å². The largest absolute Gasteiger partial charge is 0.396 e. The maximum atomic E-state index is 12.5. The van der Waals surface area contributed by atoms with Crippen molar-refractivity contribution in [3.8, 4) is 0 Å². The summed E-state index contributed by atoms with van der Waals surface area (Å²) in [6.45, 7) is 8.61. The predicted molar refractivity (Wildman–Crippen MR) is 82.7 cm³/mol. The summed E-state index contributed by atoms with van der Waals surface area (Å²) in [6, 6.07) is 0.